The van der Waals surface area contributed by atoms with Crippen LogP contribution in [0.3, 0.4) is 0 Å². The normalized spacial score (nSPS) is 14.3. The Kier molecular flexibility index (Phi) is 9.75. The SMILES string of the molecule is CC(NC(=O)C(N)CC(N)=O)C(=O)NC(CC(=O)O)C(=O)NC(Cc1cnc[nH]1)C(=O)O. The van der Waals surface area contributed by atoms with Crippen molar-refractivity contribution in [1.29, 1.82) is 0 Å². The van der Waals surface area contributed by atoms with Crippen LogP contribution in [0.1, 0.15) is 25.5 Å². The highest BCUT2D eigenvalue weighted by Gasteiger charge is 2.30. The second-order valence-electron chi connectivity index (χ2n) is 6.85. The van der Waals surface area contributed by atoms with E-state index < -0.39 is 72.6 Å². The predicted octanol–water partition coefficient (Wildman–Crippen LogP) is -3.81. The Balaban J connectivity index is 2.81. The molecule has 4 amide bonds. The molecule has 1 aromatic heterocycles. The number of carbonyl (C=O) groups excluding carboxylic acids is 4. The maximum atomic E-state index is 12.5. The molecule has 0 fully saturated rings. The summed E-state index contributed by atoms with van der Waals surface area (Å²) in [5.74, 6) is -6.52. The lowest BCUT2D eigenvalue weighted by Crippen LogP contribution is -2.57. The van der Waals surface area contributed by atoms with Crippen LogP contribution in [0, 0.1) is 0 Å². The van der Waals surface area contributed by atoms with Crippen LogP contribution in [0.5, 0.6) is 0 Å². The van der Waals surface area contributed by atoms with Crippen molar-refractivity contribution < 1.29 is 39.0 Å². The van der Waals surface area contributed by atoms with Crippen LogP contribution >= 0.6 is 0 Å². The summed E-state index contributed by atoms with van der Waals surface area (Å²) in [5, 5.41) is 24.9. The molecular formula is C17H25N7O8. The number of nitrogens with zero attached hydrogens (tertiary/aromatic N) is 1. The Morgan fingerprint density at radius 1 is 1.00 bits per heavy atom. The first kappa shape index (κ1) is 26.0. The van der Waals surface area contributed by atoms with E-state index >= 15 is 0 Å². The van der Waals surface area contributed by atoms with Gasteiger partial charge in [0.2, 0.25) is 23.6 Å². The first-order valence-electron chi connectivity index (χ1n) is 9.27. The topological polar surface area (TPSA) is 260 Å². The van der Waals surface area contributed by atoms with Crippen LogP contribution in [0.4, 0.5) is 0 Å². The van der Waals surface area contributed by atoms with E-state index in [0.717, 1.165) is 0 Å². The van der Waals surface area contributed by atoms with Gasteiger partial charge in [-0.1, -0.05) is 0 Å². The van der Waals surface area contributed by atoms with Crippen molar-refractivity contribution in [2.75, 3.05) is 0 Å². The number of nitrogens with one attached hydrogen (secondary N) is 4. The summed E-state index contributed by atoms with van der Waals surface area (Å²) in [6.07, 6.45) is 1.19. The Morgan fingerprint density at radius 2 is 1.62 bits per heavy atom. The van der Waals surface area contributed by atoms with Crippen LogP contribution in [-0.4, -0.2) is 79.9 Å². The lowest BCUT2D eigenvalue weighted by atomic mass is 10.1. The average molecular weight is 455 g/mol. The van der Waals surface area contributed by atoms with Gasteiger partial charge < -0.3 is 42.6 Å². The smallest absolute Gasteiger partial charge is 0.326 e. The number of primary amides is 1. The van der Waals surface area contributed by atoms with Gasteiger partial charge in [-0.2, -0.15) is 0 Å². The van der Waals surface area contributed by atoms with Crippen LogP contribution in [0.25, 0.3) is 0 Å². The molecule has 15 heteroatoms. The molecule has 0 saturated carbocycles. The van der Waals surface area contributed by atoms with Crippen molar-refractivity contribution in [3.8, 4) is 0 Å². The highest BCUT2D eigenvalue weighted by molar-refractivity contribution is 5.96. The highest BCUT2D eigenvalue weighted by Crippen LogP contribution is 2.02. The van der Waals surface area contributed by atoms with E-state index in [0.29, 0.717) is 5.69 Å². The van der Waals surface area contributed by atoms with Gasteiger partial charge in [0.1, 0.15) is 18.1 Å². The maximum absolute atomic E-state index is 12.5. The fraction of sp³-hybridized carbons (Fsp3) is 0.471. The summed E-state index contributed by atoms with van der Waals surface area (Å²) in [4.78, 5) is 76.5. The van der Waals surface area contributed by atoms with Crippen molar-refractivity contribution in [2.24, 2.45) is 11.5 Å². The molecule has 15 nitrogen and oxygen atoms in total. The zero-order valence-corrected chi connectivity index (χ0v) is 17.0. The molecule has 176 valence electrons. The first-order chi connectivity index (χ1) is 14.9. The van der Waals surface area contributed by atoms with Gasteiger partial charge in [0.05, 0.1) is 25.2 Å². The summed E-state index contributed by atoms with van der Waals surface area (Å²) < 4.78 is 0. The molecule has 4 unspecified atom stereocenters. The number of hydrogen-bond acceptors (Lipinski definition) is 8. The van der Waals surface area contributed by atoms with Crippen LogP contribution < -0.4 is 27.4 Å². The van der Waals surface area contributed by atoms with E-state index in [-0.39, 0.29) is 6.42 Å². The van der Waals surface area contributed by atoms with Gasteiger partial charge in [0, 0.05) is 18.3 Å². The number of carbonyl (C=O) groups is 6. The number of rotatable bonds is 13. The minimum atomic E-state index is -1.64. The fourth-order valence-corrected chi connectivity index (χ4v) is 2.46. The number of H-pyrrole nitrogens is 1. The van der Waals surface area contributed by atoms with Crippen LogP contribution in [-0.2, 0) is 35.2 Å². The predicted molar refractivity (Wildman–Crippen MR) is 105 cm³/mol. The third-order valence-electron chi connectivity index (χ3n) is 4.12. The molecule has 0 radical (unpaired) electrons. The summed E-state index contributed by atoms with van der Waals surface area (Å²) in [6, 6.07) is -5.63. The molecule has 0 aliphatic carbocycles. The molecule has 1 heterocycles. The van der Waals surface area contributed by atoms with Gasteiger partial charge in [0.15, 0.2) is 0 Å². The molecule has 4 atom stereocenters. The van der Waals surface area contributed by atoms with Crippen molar-refractivity contribution in [3.05, 3.63) is 18.2 Å². The largest absolute Gasteiger partial charge is 0.481 e. The zero-order chi connectivity index (χ0) is 24.4. The maximum Gasteiger partial charge on any atom is 0.326 e. The van der Waals surface area contributed by atoms with Crippen LogP contribution in [0.2, 0.25) is 0 Å². The summed E-state index contributed by atoms with van der Waals surface area (Å²) in [5.41, 5.74) is 10.8. The van der Waals surface area contributed by atoms with Gasteiger partial charge in [0.25, 0.3) is 0 Å². The van der Waals surface area contributed by atoms with Crippen molar-refractivity contribution in [1.82, 2.24) is 25.9 Å². The molecule has 0 bridgehead atoms. The summed E-state index contributed by atoms with van der Waals surface area (Å²) in [6.45, 7) is 1.23. The summed E-state index contributed by atoms with van der Waals surface area (Å²) >= 11 is 0. The number of nitrogens with two attached hydrogens (primary N) is 2. The zero-order valence-electron chi connectivity index (χ0n) is 17.0. The van der Waals surface area contributed by atoms with Gasteiger partial charge in [-0.3, -0.25) is 24.0 Å². The molecule has 0 spiro atoms. The van der Waals surface area contributed by atoms with Gasteiger partial charge >= 0.3 is 11.9 Å². The molecule has 32 heavy (non-hydrogen) atoms. The Bertz CT molecular complexity index is 857. The number of carboxylic acid groups (broad SMARTS) is 2. The molecular weight excluding hydrogens is 430 g/mol. The minimum absolute atomic E-state index is 0.168. The van der Waals surface area contributed by atoms with E-state index in [4.69, 9.17) is 16.6 Å². The van der Waals surface area contributed by atoms with E-state index in [1.165, 1.54) is 19.4 Å². The Morgan fingerprint density at radius 3 is 2.12 bits per heavy atom. The molecule has 0 aliphatic rings. The van der Waals surface area contributed by atoms with E-state index in [9.17, 15) is 33.9 Å². The lowest BCUT2D eigenvalue weighted by Gasteiger charge is -2.22. The molecule has 1 rings (SSSR count). The second kappa shape index (κ2) is 12.0. The average Bonchev–Trinajstić information content (AvgIpc) is 3.18. The number of hydrogen-bond donors (Lipinski definition) is 8. The van der Waals surface area contributed by atoms with Crippen molar-refractivity contribution >= 4 is 35.6 Å². The molecule has 1 aromatic rings. The van der Waals surface area contributed by atoms with E-state index in [1.54, 1.807) is 0 Å². The molecule has 0 aliphatic heterocycles. The Labute approximate surface area is 181 Å². The third-order valence-corrected chi connectivity index (χ3v) is 4.12. The number of aliphatic carboxylic acids is 2. The standard InChI is InChI=1S/C17H25N7O8/c1-7(22-15(29)9(18)3-12(19)25)14(28)23-10(4-13(26)27)16(30)24-11(17(31)32)2-8-5-20-6-21-8/h5-7,9-11H,2-4,18H2,1H3,(H2,19,25)(H,20,21)(H,22,29)(H,23,28)(H,24,30)(H,26,27)(H,31,32). The fourth-order valence-electron chi connectivity index (χ4n) is 2.46. The van der Waals surface area contributed by atoms with E-state index in [2.05, 4.69) is 25.9 Å². The molecule has 0 aromatic carbocycles. The van der Waals surface area contributed by atoms with Crippen molar-refractivity contribution in [3.63, 3.8) is 0 Å². The molecule has 0 saturated heterocycles. The highest BCUT2D eigenvalue weighted by atomic mass is 16.4. The second-order valence-corrected chi connectivity index (χ2v) is 6.85. The summed E-state index contributed by atoms with van der Waals surface area (Å²) in [7, 11) is 0. The number of amides is 4. The van der Waals surface area contributed by atoms with Crippen molar-refractivity contribution in [2.45, 2.75) is 50.4 Å². The van der Waals surface area contributed by atoms with Gasteiger partial charge in [-0.05, 0) is 6.92 Å². The number of aromatic nitrogens is 2. The van der Waals surface area contributed by atoms with Gasteiger partial charge in [-0.15, -0.1) is 0 Å². The molecule has 10 N–H and O–H groups in total. The van der Waals surface area contributed by atoms with E-state index in [1.807, 2.05) is 0 Å². The van der Waals surface area contributed by atoms with Gasteiger partial charge in [-0.25, -0.2) is 9.78 Å². The van der Waals surface area contributed by atoms with Crippen LogP contribution in [0.15, 0.2) is 12.5 Å². The monoisotopic (exact) mass is 455 g/mol. The lowest BCUT2D eigenvalue weighted by molar-refractivity contribution is -0.143. The Hall–Kier alpha value is -4.01. The number of aromatic amines is 1. The number of carboxylic acids is 2. The minimum Gasteiger partial charge on any atom is -0.481 e. The third kappa shape index (κ3) is 8.78. The first-order valence-corrected chi connectivity index (χ1v) is 9.27. The number of imidazole rings is 1. The quantitative estimate of drug-likeness (QED) is 0.144.